The van der Waals surface area contributed by atoms with E-state index in [0.29, 0.717) is 0 Å². The smallest absolute Gasteiger partial charge is 0.0536 e. The van der Waals surface area contributed by atoms with E-state index in [1.807, 2.05) is 7.05 Å². The lowest BCUT2D eigenvalue weighted by molar-refractivity contribution is 0.850. The van der Waals surface area contributed by atoms with E-state index in [1.165, 1.54) is 0 Å². The van der Waals surface area contributed by atoms with Crippen LogP contribution in [0.4, 0.5) is 0 Å². The van der Waals surface area contributed by atoms with Crippen molar-refractivity contribution in [2.45, 2.75) is 0 Å². The van der Waals surface area contributed by atoms with E-state index in [-0.39, 0.29) is 0 Å². The second-order valence-electron chi connectivity index (χ2n) is 1.44. The molecule has 0 unspecified atom stereocenters. The molecule has 0 rings (SSSR count). The molecular formula is C6H12N2. The Hall–Kier alpha value is -0.920. The third-order valence-corrected chi connectivity index (χ3v) is 0.813. The fourth-order valence-electron chi connectivity index (χ4n) is 0.284. The van der Waals surface area contributed by atoms with E-state index in [9.17, 15) is 0 Å². The largest absolute Gasteiger partial charge is 0.390 e. The van der Waals surface area contributed by atoms with E-state index in [4.69, 9.17) is 0 Å². The summed E-state index contributed by atoms with van der Waals surface area (Å²) in [5.41, 5.74) is 0.963. The highest BCUT2D eigenvalue weighted by Crippen LogP contribution is 1.74. The summed E-state index contributed by atoms with van der Waals surface area (Å²) in [6.07, 6.45) is 1.64. The summed E-state index contributed by atoms with van der Waals surface area (Å²) in [6, 6.07) is 0. The number of rotatable bonds is 4. The van der Waals surface area contributed by atoms with Gasteiger partial charge in [-0.25, -0.2) is 0 Å². The van der Waals surface area contributed by atoms with Gasteiger partial charge in [-0.15, -0.1) is 0 Å². The van der Waals surface area contributed by atoms with Gasteiger partial charge in [-0.3, -0.25) is 0 Å². The number of likely N-dealkylation sites (N-methyl/N-ethyl adjacent to an activating group) is 1. The van der Waals surface area contributed by atoms with Gasteiger partial charge in [0.15, 0.2) is 0 Å². The molecule has 0 atom stereocenters. The molecule has 0 spiro atoms. The van der Waals surface area contributed by atoms with E-state index in [0.717, 1.165) is 12.2 Å². The normalized spacial score (nSPS) is 7.62. The molecule has 8 heavy (non-hydrogen) atoms. The monoisotopic (exact) mass is 112 g/mol. The first-order chi connectivity index (χ1) is 3.81. The van der Waals surface area contributed by atoms with Gasteiger partial charge in [-0.2, -0.15) is 0 Å². The average Bonchev–Trinajstić information content (AvgIpc) is 1.83. The molecule has 2 heteroatoms. The zero-order valence-electron chi connectivity index (χ0n) is 5.20. The van der Waals surface area contributed by atoms with Gasteiger partial charge in [0.25, 0.3) is 0 Å². The maximum atomic E-state index is 3.69. The van der Waals surface area contributed by atoms with Crippen molar-refractivity contribution < 1.29 is 0 Å². The van der Waals surface area contributed by atoms with Crippen molar-refractivity contribution in [2.24, 2.45) is 0 Å². The second kappa shape index (κ2) is 4.24. The molecule has 0 aromatic heterocycles. The second-order valence-corrected chi connectivity index (χ2v) is 1.44. The maximum Gasteiger partial charge on any atom is 0.0536 e. The Kier molecular flexibility index (Phi) is 3.76. The van der Waals surface area contributed by atoms with Gasteiger partial charge in [0.1, 0.15) is 0 Å². The molecule has 0 amide bonds. The van der Waals surface area contributed by atoms with Crippen molar-refractivity contribution in [2.75, 3.05) is 13.6 Å². The zero-order valence-corrected chi connectivity index (χ0v) is 5.20. The topological polar surface area (TPSA) is 24.1 Å². The van der Waals surface area contributed by atoms with Gasteiger partial charge in [0.2, 0.25) is 0 Å². The molecule has 0 fully saturated rings. The van der Waals surface area contributed by atoms with E-state index in [2.05, 4.69) is 23.8 Å². The van der Waals surface area contributed by atoms with Crippen LogP contribution in [0.25, 0.3) is 0 Å². The van der Waals surface area contributed by atoms with Gasteiger partial charge in [-0.1, -0.05) is 13.2 Å². The average molecular weight is 112 g/mol. The summed E-state index contributed by atoms with van der Waals surface area (Å²) in [4.78, 5) is 0. The molecule has 2 nitrogen and oxygen atoms in total. The predicted molar refractivity (Wildman–Crippen MR) is 36.4 cm³/mol. The number of nitrogens with one attached hydrogen (secondary N) is 2. The molecule has 46 valence electrons. The van der Waals surface area contributed by atoms with Crippen LogP contribution >= 0.6 is 0 Å². The van der Waals surface area contributed by atoms with Crippen LogP contribution < -0.4 is 10.6 Å². The summed E-state index contributed by atoms with van der Waals surface area (Å²) < 4.78 is 0. The molecule has 0 aromatic carbocycles. The van der Waals surface area contributed by atoms with Gasteiger partial charge < -0.3 is 10.6 Å². The van der Waals surface area contributed by atoms with Crippen molar-refractivity contribution in [1.29, 1.82) is 0 Å². The highest BCUT2D eigenvalue weighted by molar-refractivity contribution is 4.93. The molecule has 0 bridgehead atoms. The summed E-state index contributed by atoms with van der Waals surface area (Å²) in [7, 11) is 1.84. The molecule has 2 N–H and O–H groups in total. The zero-order chi connectivity index (χ0) is 6.41. The van der Waals surface area contributed by atoms with Crippen LogP contribution in [-0.2, 0) is 0 Å². The Morgan fingerprint density at radius 3 is 2.75 bits per heavy atom. The standard InChI is InChI=1S/C6H12N2/c1-4-8-5-6(2)7-3/h4,7-8H,1-2,5H2,3H3. The molecule has 0 aliphatic rings. The summed E-state index contributed by atoms with van der Waals surface area (Å²) in [5.74, 6) is 0. The van der Waals surface area contributed by atoms with Crippen molar-refractivity contribution in [1.82, 2.24) is 10.6 Å². The molecular weight excluding hydrogens is 100 g/mol. The first-order valence-corrected chi connectivity index (χ1v) is 2.51. The van der Waals surface area contributed by atoms with Crippen LogP contribution in [0.1, 0.15) is 0 Å². The Bertz CT molecular complexity index is 86.5. The number of hydrogen-bond donors (Lipinski definition) is 2. The SMILES string of the molecule is C=CNCC(=C)NC. The fourth-order valence-corrected chi connectivity index (χ4v) is 0.284. The highest BCUT2D eigenvalue weighted by atomic mass is 14.9. The third-order valence-electron chi connectivity index (χ3n) is 0.813. The minimum Gasteiger partial charge on any atom is -0.390 e. The van der Waals surface area contributed by atoms with Gasteiger partial charge in [-0.05, 0) is 6.20 Å². The van der Waals surface area contributed by atoms with Crippen LogP contribution in [0, 0.1) is 0 Å². The van der Waals surface area contributed by atoms with Crippen molar-refractivity contribution in [3.63, 3.8) is 0 Å². The minimum absolute atomic E-state index is 0.750. The molecule has 0 heterocycles. The summed E-state index contributed by atoms with van der Waals surface area (Å²) in [5, 5.41) is 5.80. The molecule has 0 saturated heterocycles. The van der Waals surface area contributed by atoms with Crippen LogP contribution in [0.3, 0.4) is 0 Å². The van der Waals surface area contributed by atoms with E-state index >= 15 is 0 Å². The van der Waals surface area contributed by atoms with Crippen LogP contribution in [0.5, 0.6) is 0 Å². The van der Waals surface area contributed by atoms with Gasteiger partial charge in [0, 0.05) is 12.7 Å². The molecule has 0 aliphatic carbocycles. The first kappa shape index (κ1) is 7.08. The molecule has 0 aliphatic heterocycles. The van der Waals surface area contributed by atoms with E-state index in [1.54, 1.807) is 6.20 Å². The quantitative estimate of drug-likeness (QED) is 0.552. The Morgan fingerprint density at radius 1 is 1.75 bits per heavy atom. The van der Waals surface area contributed by atoms with Crippen molar-refractivity contribution in [3.8, 4) is 0 Å². The summed E-state index contributed by atoms with van der Waals surface area (Å²) >= 11 is 0. The van der Waals surface area contributed by atoms with E-state index < -0.39 is 0 Å². The molecule has 0 aromatic rings. The molecule has 0 saturated carbocycles. The van der Waals surface area contributed by atoms with Gasteiger partial charge >= 0.3 is 0 Å². The minimum atomic E-state index is 0.750. The van der Waals surface area contributed by atoms with Crippen molar-refractivity contribution >= 4 is 0 Å². The highest BCUT2D eigenvalue weighted by Gasteiger charge is 1.81. The van der Waals surface area contributed by atoms with Crippen molar-refractivity contribution in [3.05, 3.63) is 25.1 Å². The maximum absolute atomic E-state index is 3.69. The molecule has 0 radical (unpaired) electrons. The van der Waals surface area contributed by atoms with Crippen LogP contribution in [0.2, 0.25) is 0 Å². The fraction of sp³-hybridized carbons (Fsp3) is 0.333. The Morgan fingerprint density at radius 2 is 2.38 bits per heavy atom. The Labute approximate surface area is 50.3 Å². The third kappa shape index (κ3) is 3.28. The summed E-state index contributed by atoms with van der Waals surface area (Å²) in [6.45, 7) is 7.93. The van der Waals surface area contributed by atoms with Crippen LogP contribution in [0.15, 0.2) is 25.1 Å². The first-order valence-electron chi connectivity index (χ1n) is 2.51. The lowest BCUT2D eigenvalue weighted by Crippen LogP contribution is -2.17. The predicted octanol–water partition coefficient (Wildman–Crippen LogP) is 0.453. The lowest BCUT2D eigenvalue weighted by Gasteiger charge is -2.01. The van der Waals surface area contributed by atoms with Gasteiger partial charge in [0.05, 0.1) is 6.54 Å². The Balaban J connectivity index is 3.11. The number of hydrogen-bond acceptors (Lipinski definition) is 2. The van der Waals surface area contributed by atoms with Crippen LogP contribution in [-0.4, -0.2) is 13.6 Å². The lowest BCUT2D eigenvalue weighted by atomic mass is 10.5.